The molecule has 0 aliphatic carbocycles. The average molecular weight is 594 g/mol. The standard InChI is InChI=1S/C28H21F6N3O3S/c1-39-22-12-19-20(13-23(22)40-2)35-26(37-21(25(38)36-24(19)37)10-15-6-4-3-5-7-15)41-14-16-8-17(27(29,30)31)11-18(9-16)28(32,33)34/h3-9,11-13,21H,10,14H2,1-2H3/t21-/m0/s1. The maximum absolute atomic E-state index is 13.4. The number of alkyl halides is 6. The minimum Gasteiger partial charge on any atom is -0.493 e. The van der Waals surface area contributed by atoms with Gasteiger partial charge in [-0.3, -0.25) is 9.69 Å². The number of fused-ring (bicyclic) bond motifs is 3. The summed E-state index contributed by atoms with van der Waals surface area (Å²) < 4.78 is 91.3. The number of amides is 1. The molecule has 0 radical (unpaired) electrons. The molecule has 13 heteroatoms. The molecule has 0 saturated heterocycles. The largest absolute Gasteiger partial charge is 0.493 e. The lowest BCUT2D eigenvalue weighted by atomic mass is 10.0. The van der Waals surface area contributed by atoms with Gasteiger partial charge in [0, 0.05) is 23.8 Å². The van der Waals surface area contributed by atoms with Crippen molar-refractivity contribution in [2.45, 2.75) is 30.6 Å². The van der Waals surface area contributed by atoms with E-state index in [0.29, 0.717) is 34.9 Å². The van der Waals surface area contributed by atoms with Crippen LogP contribution in [0, 0.1) is 0 Å². The van der Waals surface area contributed by atoms with Crippen LogP contribution in [0.3, 0.4) is 0 Å². The molecular formula is C28H21F6N3O3S. The van der Waals surface area contributed by atoms with Crippen LogP contribution >= 0.6 is 11.8 Å². The van der Waals surface area contributed by atoms with Gasteiger partial charge in [-0.2, -0.15) is 31.3 Å². The van der Waals surface area contributed by atoms with Crippen LogP contribution in [0.25, 0.3) is 0 Å². The van der Waals surface area contributed by atoms with E-state index in [0.717, 1.165) is 17.3 Å². The zero-order valence-corrected chi connectivity index (χ0v) is 22.3. The maximum Gasteiger partial charge on any atom is 0.416 e. The first-order valence-corrected chi connectivity index (χ1v) is 13.1. The Morgan fingerprint density at radius 2 is 1.44 bits per heavy atom. The SMILES string of the molecule is COc1cc2c(cc1OC)C1=NC(=O)[C@H](Cc3ccccc3)N1C(SCc1cc(C(F)(F)F)cc(C(F)(F)F)c1)=N2. The summed E-state index contributed by atoms with van der Waals surface area (Å²) in [5, 5.41) is 0.196. The molecule has 2 aliphatic rings. The molecule has 0 spiro atoms. The summed E-state index contributed by atoms with van der Waals surface area (Å²) in [6.07, 6.45) is -9.70. The number of hydrogen-bond acceptors (Lipinski definition) is 6. The Morgan fingerprint density at radius 1 is 0.829 bits per heavy atom. The summed E-state index contributed by atoms with van der Waals surface area (Å²) >= 11 is 0.905. The van der Waals surface area contributed by atoms with Crippen LogP contribution in [-0.4, -0.2) is 42.1 Å². The first-order chi connectivity index (χ1) is 19.4. The molecule has 0 aromatic heterocycles. The predicted octanol–water partition coefficient (Wildman–Crippen LogP) is 6.88. The Kier molecular flexibility index (Phi) is 7.49. The number of aliphatic imine (C=N–C) groups is 2. The highest BCUT2D eigenvalue weighted by atomic mass is 32.2. The van der Waals surface area contributed by atoms with E-state index < -0.39 is 35.4 Å². The zero-order valence-electron chi connectivity index (χ0n) is 21.5. The molecule has 1 amide bonds. The number of thioether (sulfide) groups is 1. The van der Waals surface area contributed by atoms with E-state index in [1.807, 2.05) is 30.3 Å². The van der Waals surface area contributed by atoms with Crippen molar-refractivity contribution in [2.24, 2.45) is 9.98 Å². The summed E-state index contributed by atoms with van der Waals surface area (Å²) in [4.78, 5) is 23.7. The highest BCUT2D eigenvalue weighted by Gasteiger charge is 2.43. The summed E-state index contributed by atoms with van der Waals surface area (Å²) in [6.45, 7) is 0. The number of hydrogen-bond donors (Lipinski definition) is 0. The molecule has 0 saturated carbocycles. The zero-order chi connectivity index (χ0) is 29.5. The van der Waals surface area contributed by atoms with E-state index in [1.54, 1.807) is 17.0 Å². The fourth-order valence-corrected chi connectivity index (χ4v) is 5.55. The summed E-state index contributed by atoms with van der Waals surface area (Å²) in [7, 11) is 2.87. The molecule has 214 valence electrons. The van der Waals surface area contributed by atoms with Crippen LogP contribution < -0.4 is 9.47 Å². The van der Waals surface area contributed by atoms with E-state index >= 15 is 0 Å². The lowest BCUT2D eigenvalue weighted by Crippen LogP contribution is -2.44. The van der Waals surface area contributed by atoms with Crippen molar-refractivity contribution in [3.63, 3.8) is 0 Å². The topological polar surface area (TPSA) is 63.5 Å². The third kappa shape index (κ3) is 5.76. The molecule has 0 fully saturated rings. The summed E-state index contributed by atoms with van der Waals surface area (Å²) in [5.74, 6) is 0.210. The highest BCUT2D eigenvalue weighted by Crippen LogP contribution is 2.42. The van der Waals surface area contributed by atoms with E-state index in [-0.39, 0.29) is 34.8 Å². The minimum absolute atomic E-state index is 0.0853. The van der Waals surface area contributed by atoms with Crippen molar-refractivity contribution in [3.8, 4) is 11.5 Å². The average Bonchev–Trinajstić information content (AvgIpc) is 3.26. The van der Waals surface area contributed by atoms with Crippen molar-refractivity contribution in [3.05, 3.63) is 88.5 Å². The van der Waals surface area contributed by atoms with Crippen molar-refractivity contribution in [1.82, 2.24) is 4.90 Å². The molecule has 41 heavy (non-hydrogen) atoms. The quantitative estimate of drug-likeness (QED) is 0.292. The van der Waals surface area contributed by atoms with Gasteiger partial charge in [-0.15, -0.1) is 0 Å². The molecule has 0 unspecified atom stereocenters. The van der Waals surface area contributed by atoms with Gasteiger partial charge >= 0.3 is 12.4 Å². The Balaban J connectivity index is 1.56. The summed E-state index contributed by atoms with van der Waals surface area (Å²) in [5.41, 5.74) is -1.37. The number of carbonyl (C=O) groups excluding carboxylic acids is 1. The van der Waals surface area contributed by atoms with E-state index in [4.69, 9.17) is 9.47 Å². The highest BCUT2D eigenvalue weighted by molar-refractivity contribution is 8.13. The second-order valence-corrected chi connectivity index (χ2v) is 10.1. The van der Waals surface area contributed by atoms with E-state index in [1.165, 1.54) is 14.2 Å². The van der Waals surface area contributed by atoms with Gasteiger partial charge in [0.25, 0.3) is 5.91 Å². The fourth-order valence-electron chi connectivity index (χ4n) is 4.57. The first-order valence-electron chi connectivity index (χ1n) is 12.1. The van der Waals surface area contributed by atoms with Gasteiger partial charge in [-0.05, 0) is 35.4 Å². The van der Waals surface area contributed by atoms with Crippen molar-refractivity contribution >= 4 is 34.4 Å². The number of carbonyl (C=O) groups is 1. The van der Waals surface area contributed by atoms with E-state index in [2.05, 4.69) is 9.98 Å². The number of ether oxygens (including phenoxy) is 2. The third-order valence-electron chi connectivity index (χ3n) is 6.49. The molecule has 6 nitrogen and oxygen atoms in total. The number of nitrogens with zero attached hydrogens (tertiary/aromatic N) is 3. The van der Waals surface area contributed by atoms with Crippen molar-refractivity contribution in [2.75, 3.05) is 14.2 Å². The smallest absolute Gasteiger partial charge is 0.416 e. The normalized spacial score (nSPS) is 16.6. The van der Waals surface area contributed by atoms with Gasteiger partial charge in [0.15, 0.2) is 16.7 Å². The molecule has 3 aromatic rings. The van der Waals surface area contributed by atoms with Gasteiger partial charge < -0.3 is 9.47 Å². The Labute approximate surface area is 234 Å². The number of amidine groups is 2. The van der Waals surface area contributed by atoms with Crippen LogP contribution in [0.15, 0.2) is 70.6 Å². The monoisotopic (exact) mass is 593 g/mol. The second-order valence-electron chi connectivity index (χ2n) is 9.17. The lowest BCUT2D eigenvalue weighted by Gasteiger charge is -2.31. The molecule has 2 heterocycles. The minimum atomic E-state index is -4.97. The van der Waals surface area contributed by atoms with Crippen LogP contribution in [0.1, 0.15) is 27.8 Å². The third-order valence-corrected chi connectivity index (χ3v) is 7.52. The van der Waals surface area contributed by atoms with Crippen molar-refractivity contribution in [1.29, 1.82) is 0 Å². The summed E-state index contributed by atoms with van der Waals surface area (Å²) in [6, 6.07) is 12.9. The van der Waals surface area contributed by atoms with E-state index in [9.17, 15) is 31.1 Å². The van der Waals surface area contributed by atoms with Crippen LogP contribution in [0.2, 0.25) is 0 Å². The van der Waals surface area contributed by atoms with Crippen molar-refractivity contribution < 1.29 is 40.6 Å². The molecule has 3 aromatic carbocycles. The molecule has 5 rings (SSSR count). The maximum atomic E-state index is 13.4. The number of halogens is 6. The van der Waals surface area contributed by atoms with Gasteiger partial charge in [0.1, 0.15) is 11.9 Å². The molecule has 0 N–H and O–H groups in total. The van der Waals surface area contributed by atoms with Gasteiger partial charge in [-0.1, -0.05) is 42.1 Å². The molecule has 1 atom stereocenters. The Hall–Kier alpha value is -4.00. The fraction of sp³-hybridized carbons (Fsp3) is 0.250. The predicted molar refractivity (Wildman–Crippen MR) is 142 cm³/mol. The Bertz CT molecular complexity index is 1520. The lowest BCUT2D eigenvalue weighted by molar-refractivity contribution is -0.143. The molecular weight excluding hydrogens is 572 g/mol. The van der Waals surface area contributed by atoms with Crippen LogP contribution in [0.4, 0.5) is 32.0 Å². The molecule has 2 aliphatic heterocycles. The second kappa shape index (κ2) is 10.8. The molecule has 0 bridgehead atoms. The number of methoxy groups -OCH3 is 2. The van der Waals surface area contributed by atoms with Gasteiger partial charge in [0.05, 0.1) is 31.0 Å². The first kappa shape index (κ1) is 28.5. The van der Waals surface area contributed by atoms with Crippen LogP contribution in [-0.2, 0) is 29.3 Å². The van der Waals surface area contributed by atoms with Gasteiger partial charge in [0.2, 0.25) is 0 Å². The Morgan fingerprint density at radius 3 is 2.02 bits per heavy atom. The van der Waals surface area contributed by atoms with Crippen LogP contribution in [0.5, 0.6) is 11.5 Å². The van der Waals surface area contributed by atoms with Gasteiger partial charge in [-0.25, -0.2) is 4.99 Å². The number of benzene rings is 3. The number of rotatable bonds is 6.